The van der Waals surface area contributed by atoms with Crippen LogP contribution in [0.2, 0.25) is 0 Å². The Balaban J connectivity index is 1.60. The van der Waals surface area contributed by atoms with Crippen LogP contribution in [0.25, 0.3) is 16.6 Å². The van der Waals surface area contributed by atoms with Crippen molar-refractivity contribution in [2.24, 2.45) is 0 Å². The predicted molar refractivity (Wildman–Crippen MR) is 127 cm³/mol. The highest BCUT2D eigenvalue weighted by molar-refractivity contribution is 7.99. The number of hydrogen-bond acceptors (Lipinski definition) is 6. The fraction of sp³-hybridized carbons (Fsp3) is 0.375. The fourth-order valence-electron chi connectivity index (χ4n) is 4.13. The summed E-state index contributed by atoms with van der Waals surface area (Å²) in [5, 5.41) is 10.5. The van der Waals surface area contributed by atoms with Crippen molar-refractivity contribution >= 4 is 34.1 Å². The molecule has 0 unspecified atom stereocenters. The molecule has 8 heteroatoms. The third-order valence-electron chi connectivity index (χ3n) is 5.81. The lowest BCUT2D eigenvalue weighted by atomic mass is 10.1. The van der Waals surface area contributed by atoms with Crippen molar-refractivity contribution in [3.8, 4) is 5.75 Å². The Labute approximate surface area is 191 Å². The molecule has 0 saturated carbocycles. The van der Waals surface area contributed by atoms with Crippen molar-refractivity contribution in [2.75, 3.05) is 26.6 Å². The minimum Gasteiger partial charge on any atom is -0.497 e. The first-order valence-electron chi connectivity index (χ1n) is 10.6. The lowest BCUT2D eigenvalue weighted by Crippen LogP contribution is -2.08. The van der Waals surface area contributed by atoms with Gasteiger partial charge in [-0.1, -0.05) is 11.8 Å². The Morgan fingerprint density at radius 2 is 1.91 bits per heavy atom. The summed E-state index contributed by atoms with van der Waals surface area (Å²) >= 11 is 1.41. The molecular formula is C24H28N4O3S. The maximum atomic E-state index is 13.1. The number of pyridine rings is 1. The van der Waals surface area contributed by atoms with Gasteiger partial charge < -0.3 is 14.0 Å². The van der Waals surface area contributed by atoms with Crippen molar-refractivity contribution in [3.05, 3.63) is 52.8 Å². The largest absolute Gasteiger partial charge is 0.497 e. The normalized spacial score (nSPS) is 11.5. The first-order chi connectivity index (χ1) is 15.4. The molecule has 0 radical (unpaired) electrons. The molecule has 0 aliphatic carbocycles. The third-order valence-corrected chi connectivity index (χ3v) is 6.74. The number of rotatable bonds is 9. The Kier molecular flexibility index (Phi) is 6.53. The molecule has 0 atom stereocenters. The van der Waals surface area contributed by atoms with Gasteiger partial charge in [0, 0.05) is 48.7 Å². The van der Waals surface area contributed by atoms with Gasteiger partial charge in [0.2, 0.25) is 0 Å². The number of aryl methyl sites for hydroxylation is 2. The summed E-state index contributed by atoms with van der Waals surface area (Å²) in [7, 11) is 3.36. The lowest BCUT2D eigenvalue weighted by molar-refractivity contribution is 0.102. The molecule has 3 aromatic heterocycles. The van der Waals surface area contributed by atoms with Crippen molar-refractivity contribution in [2.45, 2.75) is 38.9 Å². The van der Waals surface area contributed by atoms with Crippen LogP contribution in [0, 0.1) is 20.8 Å². The number of aromatic nitrogens is 4. The number of ketones is 1. The number of carbonyl (C=O) groups excluding carboxylic acids is 1. The van der Waals surface area contributed by atoms with Crippen molar-refractivity contribution in [1.29, 1.82) is 0 Å². The second-order valence-corrected chi connectivity index (χ2v) is 8.82. The Hall–Kier alpha value is -2.84. The van der Waals surface area contributed by atoms with Gasteiger partial charge in [-0.15, -0.1) is 10.2 Å². The van der Waals surface area contributed by atoms with Crippen molar-refractivity contribution in [3.63, 3.8) is 0 Å². The van der Waals surface area contributed by atoms with Gasteiger partial charge in [-0.05, 0) is 57.0 Å². The van der Waals surface area contributed by atoms with Crippen molar-refractivity contribution < 1.29 is 14.3 Å². The van der Waals surface area contributed by atoms with E-state index in [-0.39, 0.29) is 5.78 Å². The highest BCUT2D eigenvalue weighted by Crippen LogP contribution is 2.29. The maximum absolute atomic E-state index is 13.1. The summed E-state index contributed by atoms with van der Waals surface area (Å²) in [5.74, 6) is 1.15. The van der Waals surface area contributed by atoms with E-state index >= 15 is 0 Å². The first-order valence-corrected chi connectivity index (χ1v) is 11.6. The fourth-order valence-corrected chi connectivity index (χ4v) is 4.96. The van der Waals surface area contributed by atoms with Gasteiger partial charge in [-0.3, -0.25) is 9.20 Å². The maximum Gasteiger partial charge on any atom is 0.196 e. The average molecular weight is 453 g/mol. The van der Waals surface area contributed by atoms with Gasteiger partial charge in [0.15, 0.2) is 16.6 Å². The standard InChI is InChI=1S/C24H28N4O3S/c1-15-11-23-25-26-24(28(23)21-13-18(31-5)7-8-19(15)21)32-14-22(29)20-12-16(2)27(17(20)3)9-6-10-30-4/h7-8,11-13H,6,9-10,14H2,1-5H3. The van der Waals surface area contributed by atoms with E-state index < -0.39 is 0 Å². The van der Waals surface area contributed by atoms with Crippen LogP contribution in [0.15, 0.2) is 35.5 Å². The number of hydrogen-bond donors (Lipinski definition) is 0. The summed E-state index contributed by atoms with van der Waals surface area (Å²) in [4.78, 5) is 13.1. The van der Waals surface area contributed by atoms with Gasteiger partial charge in [-0.2, -0.15) is 0 Å². The lowest BCUT2D eigenvalue weighted by Gasteiger charge is -2.10. The molecule has 0 bridgehead atoms. The molecule has 0 amide bonds. The number of thioether (sulfide) groups is 1. The summed E-state index contributed by atoms with van der Waals surface area (Å²) in [6, 6.07) is 9.97. The molecule has 168 valence electrons. The van der Waals surface area contributed by atoms with E-state index in [1.807, 2.05) is 48.6 Å². The van der Waals surface area contributed by atoms with E-state index in [9.17, 15) is 4.79 Å². The highest BCUT2D eigenvalue weighted by Gasteiger charge is 2.18. The van der Waals surface area contributed by atoms with Crippen molar-refractivity contribution in [1.82, 2.24) is 19.2 Å². The molecule has 4 aromatic rings. The van der Waals surface area contributed by atoms with Crippen LogP contribution in [0.4, 0.5) is 0 Å². The SMILES string of the molecule is COCCCn1c(C)cc(C(=O)CSc2nnc3cc(C)c4ccc(OC)cc4n23)c1C. The third kappa shape index (κ3) is 4.12. The van der Waals surface area contributed by atoms with Crippen LogP contribution in [-0.4, -0.2) is 51.5 Å². The number of fused-ring (bicyclic) bond motifs is 3. The zero-order chi connectivity index (χ0) is 22.8. The van der Waals surface area contributed by atoms with E-state index in [2.05, 4.69) is 21.7 Å². The van der Waals surface area contributed by atoms with Crippen LogP contribution in [0.3, 0.4) is 0 Å². The molecule has 1 aromatic carbocycles. The molecule has 3 heterocycles. The van der Waals surface area contributed by atoms with Crippen LogP contribution >= 0.6 is 11.8 Å². The molecular weight excluding hydrogens is 424 g/mol. The van der Waals surface area contributed by atoms with E-state index in [0.717, 1.165) is 57.8 Å². The average Bonchev–Trinajstić information content (AvgIpc) is 3.32. The topological polar surface area (TPSA) is 70.7 Å². The summed E-state index contributed by atoms with van der Waals surface area (Å²) in [6.45, 7) is 7.65. The van der Waals surface area contributed by atoms with E-state index in [0.29, 0.717) is 17.5 Å². The molecule has 0 N–H and O–H groups in total. The van der Waals surface area contributed by atoms with E-state index in [4.69, 9.17) is 9.47 Å². The highest BCUT2D eigenvalue weighted by atomic mass is 32.2. The summed E-state index contributed by atoms with van der Waals surface area (Å²) in [5.41, 5.74) is 5.71. The zero-order valence-electron chi connectivity index (χ0n) is 19.1. The minimum atomic E-state index is 0.0897. The quantitative estimate of drug-likeness (QED) is 0.209. The van der Waals surface area contributed by atoms with Gasteiger partial charge in [0.1, 0.15) is 5.75 Å². The second-order valence-electron chi connectivity index (χ2n) is 7.88. The summed E-state index contributed by atoms with van der Waals surface area (Å²) in [6.07, 6.45) is 0.914. The van der Waals surface area contributed by atoms with Crippen LogP contribution in [0.5, 0.6) is 5.75 Å². The molecule has 0 saturated heterocycles. The van der Waals surface area contributed by atoms with E-state index in [1.54, 1.807) is 14.2 Å². The number of carbonyl (C=O) groups is 1. The van der Waals surface area contributed by atoms with Gasteiger partial charge in [-0.25, -0.2) is 0 Å². The molecule has 0 aliphatic rings. The molecule has 0 fully saturated rings. The number of Topliss-reactive ketones (excluding diaryl/α,β-unsaturated/α-hetero) is 1. The smallest absolute Gasteiger partial charge is 0.196 e. The van der Waals surface area contributed by atoms with Crippen LogP contribution in [-0.2, 0) is 11.3 Å². The Bertz CT molecular complexity index is 1290. The molecule has 4 rings (SSSR count). The number of ether oxygens (including phenoxy) is 2. The molecule has 0 aliphatic heterocycles. The minimum absolute atomic E-state index is 0.0897. The second kappa shape index (κ2) is 9.34. The van der Waals surface area contributed by atoms with Gasteiger partial charge >= 0.3 is 0 Å². The molecule has 32 heavy (non-hydrogen) atoms. The molecule has 0 spiro atoms. The Morgan fingerprint density at radius 3 is 2.66 bits per heavy atom. The monoisotopic (exact) mass is 452 g/mol. The van der Waals surface area contributed by atoms with Gasteiger partial charge in [0.05, 0.1) is 18.4 Å². The van der Waals surface area contributed by atoms with Gasteiger partial charge in [0.25, 0.3) is 0 Å². The number of nitrogens with zero attached hydrogens (tertiary/aromatic N) is 4. The Morgan fingerprint density at radius 1 is 1.09 bits per heavy atom. The first kappa shape index (κ1) is 22.4. The predicted octanol–water partition coefficient (Wildman–Crippen LogP) is 4.63. The van der Waals surface area contributed by atoms with E-state index in [1.165, 1.54) is 11.8 Å². The number of methoxy groups -OCH3 is 2. The summed E-state index contributed by atoms with van der Waals surface area (Å²) < 4.78 is 14.8. The zero-order valence-corrected chi connectivity index (χ0v) is 20.0. The molecule has 7 nitrogen and oxygen atoms in total. The van der Waals surface area contributed by atoms with Crippen LogP contribution < -0.4 is 4.74 Å². The number of benzene rings is 1. The van der Waals surface area contributed by atoms with Crippen LogP contribution in [0.1, 0.15) is 33.7 Å².